The number of nitrogens with zero attached hydrogens (tertiary/aromatic N) is 1. The molecule has 1 atom stereocenters. The van der Waals surface area contributed by atoms with Crippen molar-refractivity contribution in [2.45, 2.75) is 24.5 Å². The van der Waals surface area contributed by atoms with Gasteiger partial charge >= 0.3 is 5.97 Å². The number of rotatable bonds is 7. The van der Waals surface area contributed by atoms with Gasteiger partial charge in [-0.2, -0.15) is 12.7 Å². The van der Waals surface area contributed by atoms with E-state index in [0.29, 0.717) is 12.8 Å². The molecule has 0 bridgehead atoms. The Bertz CT molecular complexity index is 542. The molecule has 0 spiro atoms. The van der Waals surface area contributed by atoms with E-state index in [2.05, 4.69) is 9.46 Å². The van der Waals surface area contributed by atoms with Crippen LogP contribution in [0.2, 0.25) is 0 Å². The van der Waals surface area contributed by atoms with E-state index in [0.717, 1.165) is 4.31 Å². The predicted octanol–water partition coefficient (Wildman–Crippen LogP) is -1.11. The van der Waals surface area contributed by atoms with E-state index in [1.807, 2.05) is 0 Å². The van der Waals surface area contributed by atoms with E-state index in [1.54, 1.807) is 0 Å². The molecule has 0 aliphatic carbocycles. The summed E-state index contributed by atoms with van der Waals surface area (Å²) in [6.45, 7) is -0.160. The van der Waals surface area contributed by atoms with Crippen molar-refractivity contribution in [1.29, 1.82) is 0 Å². The summed E-state index contributed by atoms with van der Waals surface area (Å²) in [4.78, 5) is 11.0. The predicted molar refractivity (Wildman–Crippen MR) is 73.0 cm³/mol. The maximum Gasteiger partial charge on any atom is 0.306 e. The van der Waals surface area contributed by atoms with Gasteiger partial charge in [-0.25, -0.2) is 13.1 Å². The molecule has 0 aromatic rings. The molecule has 1 heterocycles. The minimum absolute atomic E-state index is 0.0283. The third-order valence-corrected chi connectivity index (χ3v) is 7.04. The fourth-order valence-electron chi connectivity index (χ4n) is 1.87. The van der Waals surface area contributed by atoms with Crippen LogP contribution in [-0.4, -0.2) is 65.4 Å². The van der Waals surface area contributed by atoms with E-state index < -0.39 is 31.3 Å². The number of sulfone groups is 1. The number of esters is 1. The normalized spacial score (nSPS) is 22.1. The number of ether oxygens (including phenoxy) is 1. The molecule has 0 radical (unpaired) electrons. The molecule has 0 saturated carbocycles. The number of methoxy groups -OCH3 is 1. The molecule has 1 fully saturated rings. The van der Waals surface area contributed by atoms with Crippen molar-refractivity contribution >= 4 is 26.0 Å². The first kappa shape index (κ1) is 17.3. The Labute approximate surface area is 119 Å². The van der Waals surface area contributed by atoms with Crippen LogP contribution in [0.3, 0.4) is 0 Å². The van der Waals surface area contributed by atoms with Gasteiger partial charge < -0.3 is 4.74 Å². The van der Waals surface area contributed by atoms with E-state index >= 15 is 0 Å². The lowest BCUT2D eigenvalue weighted by atomic mass is 10.2. The highest BCUT2D eigenvalue weighted by molar-refractivity contribution is 7.92. The summed E-state index contributed by atoms with van der Waals surface area (Å²) < 4.78 is 54.6. The fraction of sp³-hybridized carbons (Fsp3) is 0.900. The second-order valence-corrected chi connectivity index (χ2v) is 8.90. The zero-order valence-electron chi connectivity index (χ0n) is 11.5. The smallest absolute Gasteiger partial charge is 0.306 e. The minimum atomic E-state index is -3.79. The van der Waals surface area contributed by atoms with Crippen LogP contribution in [0, 0.1) is 0 Å². The lowest BCUT2D eigenvalue weighted by molar-refractivity contribution is -0.140. The molecule has 0 aromatic heterocycles. The SMILES string of the molecule is COC(=O)CCN(C)S(=O)(=O)NCC1CCCS1(=O)=O. The second kappa shape index (κ2) is 6.83. The highest BCUT2D eigenvalue weighted by atomic mass is 32.2. The van der Waals surface area contributed by atoms with Crippen LogP contribution in [0.25, 0.3) is 0 Å². The Balaban J connectivity index is 2.51. The monoisotopic (exact) mass is 328 g/mol. The van der Waals surface area contributed by atoms with E-state index in [9.17, 15) is 21.6 Å². The Hall–Kier alpha value is -0.710. The molecule has 1 aliphatic heterocycles. The molecule has 1 unspecified atom stereocenters. The number of hydrogen-bond donors (Lipinski definition) is 1. The van der Waals surface area contributed by atoms with Crippen LogP contribution in [-0.2, 0) is 29.6 Å². The summed E-state index contributed by atoms with van der Waals surface area (Å²) >= 11 is 0. The topological polar surface area (TPSA) is 110 Å². The summed E-state index contributed by atoms with van der Waals surface area (Å²) in [6, 6.07) is 0. The number of hydrogen-bond acceptors (Lipinski definition) is 6. The van der Waals surface area contributed by atoms with Gasteiger partial charge in [0.1, 0.15) is 0 Å². The van der Waals surface area contributed by atoms with Crippen molar-refractivity contribution in [2.75, 3.05) is 33.0 Å². The van der Waals surface area contributed by atoms with Crippen LogP contribution in [0.15, 0.2) is 0 Å². The van der Waals surface area contributed by atoms with Gasteiger partial charge in [0.25, 0.3) is 10.2 Å². The molecule has 118 valence electrons. The highest BCUT2D eigenvalue weighted by Gasteiger charge is 2.32. The molecule has 10 heteroatoms. The molecule has 1 N–H and O–H groups in total. The summed E-state index contributed by atoms with van der Waals surface area (Å²) in [5.74, 6) is -0.400. The van der Waals surface area contributed by atoms with Gasteiger partial charge in [0.05, 0.1) is 24.5 Å². The lowest BCUT2D eigenvalue weighted by Crippen LogP contribution is -2.43. The van der Waals surface area contributed by atoms with Gasteiger partial charge in [0, 0.05) is 20.1 Å². The van der Waals surface area contributed by atoms with Gasteiger partial charge in [0.15, 0.2) is 9.84 Å². The quantitative estimate of drug-likeness (QED) is 0.594. The minimum Gasteiger partial charge on any atom is -0.469 e. The highest BCUT2D eigenvalue weighted by Crippen LogP contribution is 2.19. The van der Waals surface area contributed by atoms with Crippen molar-refractivity contribution in [3.8, 4) is 0 Å². The Kier molecular flexibility index (Phi) is 5.92. The van der Waals surface area contributed by atoms with Gasteiger partial charge in [-0.1, -0.05) is 0 Å². The molecular formula is C10H20N2O6S2. The van der Waals surface area contributed by atoms with Crippen molar-refractivity contribution in [3.05, 3.63) is 0 Å². The lowest BCUT2D eigenvalue weighted by Gasteiger charge is -2.18. The van der Waals surface area contributed by atoms with Gasteiger partial charge in [-0.05, 0) is 12.8 Å². The zero-order chi connectivity index (χ0) is 15.4. The summed E-state index contributed by atoms with van der Waals surface area (Å²) in [5.41, 5.74) is 0. The van der Waals surface area contributed by atoms with Crippen molar-refractivity contribution in [1.82, 2.24) is 9.03 Å². The zero-order valence-corrected chi connectivity index (χ0v) is 13.2. The Morgan fingerprint density at radius 3 is 2.60 bits per heavy atom. The summed E-state index contributed by atoms with van der Waals surface area (Å²) in [7, 11) is -4.44. The Morgan fingerprint density at radius 1 is 1.45 bits per heavy atom. The van der Waals surface area contributed by atoms with E-state index in [1.165, 1.54) is 14.2 Å². The maximum absolute atomic E-state index is 11.9. The molecule has 1 rings (SSSR count). The van der Waals surface area contributed by atoms with Gasteiger partial charge in [0.2, 0.25) is 0 Å². The average Bonchev–Trinajstić information content (AvgIpc) is 2.72. The second-order valence-electron chi connectivity index (χ2n) is 4.63. The van der Waals surface area contributed by atoms with Crippen molar-refractivity contribution < 1.29 is 26.4 Å². The van der Waals surface area contributed by atoms with E-state index in [4.69, 9.17) is 0 Å². The van der Waals surface area contributed by atoms with Crippen molar-refractivity contribution in [3.63, 3.8) is 0 Å². The molecule has 1 aliphatic rings. The Morgan fingerprint density at radius 2 is 2.10 bits per heavy atom. The molecule has 8 nitrogen and oxygen atoms in total. The first-order chi connectivity index (χ1) is 9.19. The van der Waals surface area contributed by atoms with Crippen LogP contribution < -0.4 is 4.72 Å². The van der Waals surface area contributed by atoms with E-state index in [-0.39, 0.29) is 25.3 Å². The summed E-state index contributed by atoms with van der Waals surface area (Å²) in [5, 5.41) is -0.661. The van der Waals surface area contributed by atoms with Gasteiger partial charge in [-0.3, -0.25) is 4.79 Å². The molecule has 0 amide bonds. The van der Waals surface area contributed by atoms with Crippen LogP contribution in [0.1, 0.15) is 19.3 Å². The van der Waals surface area contributed by atoms with Gasteiger partial charge in [-0.15, -0.1) is 0 Å². The number of nitrogens with one attached hydrogen (secondary N) is 1. The fourth-order valence-corrected chi connectivity index (χ4v) is 4.70. The largest absolute Gasteiger partial charge is 0.469 e. The maximum atomic E-state index is 11.9. The number of carbonyl (C=O) groups is 1. The van der Waals surface area contributed by atoms with Crippen LogP contribution >= 0.6 is 0 Å². The van der Waals surface area contributed by atoms with Crippen LogP contribution in [0.4, 0.5) is 0 Å². The van der Waals surface area contributed by atoms with Crippen molar-refractivity contribution in [2.24, 2.45) is 0 Å². The number of carbonyl (C=O) groups excluding carboxylic acids is 1. The molecule has 20 heavy (non-hydrogen) atoms. The third-order valence-electron chi connectivity index (χ3n) is 3.23. The third kappa shape index (κ3) is 4.69. The van der Waals surface area contributed by atoms with Crippen LogP contribution in [0.5, 0.6) is 0 Å². The molecule has 1 saturated heterocycles. The summed E-state index contributed by atoms with van der Waals surface area (Å²) in [6.07, 6.45) is 0.972. The first-order valence-electron chi connectivity index (χ1n) is 6.18. The molecular weight excluding hydrogens is 308 g/mol. The standard InChI is InChI=1S/C10H20N2O6S2/c1-12(6-5-10(13)18-2)20(16,17)11-8-9-4-3-7-19(9,14)15/h9,11H,3-8H2,1-2H3. The average molecular weight is 328 g/mol. The first-order valence-corrected chi connectivity index (χ1v) is 9.34. The molecule has 0 aromatic carbocycles.